The molecule has 1 aromatic carbocycles. The molecule has 0 saturated heterocycles. The molecular formula is C14H11ClFNO3. The molecule has 0 aliphatic rings. The van der Waals surface area contributed by atoms with Gasteiger partial charge in [-0.3, -0.25) is 0 Å². The highest BCUT2D eigenvalue weighted by Crippen LogP contribution is 2.20. The van der Waals surface area contributed by atoms with E-state index in [4.69, 9.17) is 21.4 Å². The normalized spacial score (nSPS) is 10.3. The van der Waals surface area contributed by atoms with Gasteiger partial charge in [-0.2, -0.15) is 0 Å². The number of ether oxygens (including phenoxy) is 1. The number of hydrogen-bond acceptors (Lipinski definition) is 3. The Morgan fingerprint density at radius 1 is 1.40 bits per heavy atom. The predicted molar refractivity (Wildman–Crippen MR) is 71.7 cm³/mol. The van der Waals surface area contributed by atoms with Gasteiger partial charge in [-0.05, 0) is 36.8 Å². The zero-order valence-corrected chi connectivity index (χ0v) is 11.3. The first-order valence-electron chi connectivity index (χ1n) is 5.75. The lowest BCUT2D eigenvalue weighted by Gasteiger charge is -2.09. The Hall–Kier alpha value is -2.14. The van der Waals surface area contributed by atoms with Crippen LogP contribution in [-0.4, -0.2) is 16.1 Å². The van der Waals surface area contributed by atoms with Gasteiger partial charge in [0.25, 0.3) is 0 Å². The molecule has 1 N–H and O–H groups in total. The molecule has 0 aliphatic heterocycles. The van der Waals surface area contributed by atoms with Gasteiger partial charge < -0.3 is 9.84 Å². The topological polar surface area (TPSA) is 59.4 Å². The second-order valence-electron chi connectivity index (χ2n) is 4.14. The standard InChI is InChI=1S/C14H11ClFNO3/c1-8-2-5-12(13(17-8)14(18)19)20-7-9-3-4-10(15)11(16)6-9/h2-6H,7H2,1H3,(H,18,19). The van der Waals surface area contributed by atoms with E-state index in [0.29, 0.717) is 11.3 Å². The first-order chi connectivity index (χ1) is 9.47. The molecule has 0 bridgehead atoms. The van der Waals surface area contributed by atoms with Crippen molar-refractivity contribution in [2.45, 2.75) is 13.5 Å². The van der Waals surface area contributed by atoms with Gasteiger partial charge in [0.05, 0.1) is 5.02 Å². The van der Waals surface area contributed by atoms with Crippen LogP contribution in [0.3, 0.4) is 0 Å². The zero-order valence-electron chi connectivity index (χ0n) is 10.6. The van der Waals surface area contributed by atoms with E-state index in [1.54, 1.807) is 19.1 Å². The van der Waals surface area contributed by atoms with Crippen molar-refractivity contribution < 1.29 is 19.0 Å². The molecular weight excluding hydrogens is 285 g/mol. The van der Waals surface area contributed by atoms with Crippen molar-refractivity contribution in [3.05, 3.63) is 58.1 Å². The van der Waals surface area contributed by atoms with Crippen molar-refractivity contribution in [1.29, 1.82) is 0 Å². The van der Waals surface area contributed by atoms with Crippen LogP contribution < -0.4 is 4.74 Å². The minimum Gasteiger partial charge on any atom is -0.486 e. The maximum absolute atomic E-state index is 13.3. The fourth-order valence-electron chi connectivity index (χ4n) is 1.60. The molecule has 1 heterocycles. The molecule has 0 radical (unpaired) electrons. The van der Waals surface area contributed by atoms with Crippen LogP contribution in [0.1, 0.15) is 21.7 Å². The number of aromatic carboxylic acids is 1. The van der Waals surface area contributed by atoms with Gasteiger partial charge >= 0.3 is 5.97 Å². The summed E-state index contributed by atoms with van der Waals surface area (Å²) in [5.41, 5.74) is 0.954. The summed E-state index contributed by atoms with van der Waals surface area (Å²) in [4.78, 5) is 15.0. The third-order valence-corrected chi connectivity index (χ3v) is 2.88. The number of halogens is 2. The van der Waals surface area contributed by atoms with E-state index in [9.17, 15) is 9.18 Å². The van der Waals surface area contributed by atoms with E-state index in [2.05, 4.69) is 4.98 Å². The quantitative estimate of drug-likeness (QED) is 0.938. The summed E-state index contributed by atoms with van der Waals surface area (Å²) in [6.45, 7) is 1.71. The van der Waals surface area contributed by atoms with E-state index < -0.39 is 11.8 Å². The monoisotopic (exact) mass is 295 g/mol. The van der Waals surface area contributed by atoms with Crippen LogP contribution in [0.15, 0.2) is 30.3 Å². The molecule has 20 heavy (non-hydrogen) atoms. The summed E-state index contributed by atoms with van der Waals surface area (Å²) in [6.07, 6.45) is 0. The minimum absolute atomic E-state index is 0.0250. The van der Waals surface area contributed by atoms with E-state index >= 15 is 0 Å². The van der Waals surface area contributed by atoms with Crippen LogP contribution in [-0.2, 0) is 6.61 Å². The molecule has 0 atom stereocenters. The van der Waals surface area contributed by atoms with Gasteiger partial charge in [0.15, 0.2) is 11.4 Å². The third-order valence-electron chi connectivity index (χ3n) is 2.58. The molecule has 4 nitrogen and oxygen atoms in total. The minimum atomic E-state index is -1.18. The first kappa shape index (κ1) is 14.3. The second-order valence-corrected chi connectivity index (χ2v) is 4.55. The Balaban J connectivity index is 2.18. The van der Waals surface area contributed by atoms with Crippen LogP contribution >= 0.6 is 11.6 Å². The van der Waals surface area contributed by atoms with E-state index in [0.717, 1.165) is 0 Å². The molecule has 2 aromatic rings. The second kappa shape index (κ2) is 5.88. The lowest BCUT2D eigenvalue weighted by Crippen LogP contribution is -2.07. The van der Waals surface area contributed by atoms with Crippen molar-refractivity contribution in [2.24, 2.45) is 0 Å². The Bertz CT molecular complexity index is 661. The number of nitrogens with zero attached hydrogens (tertiary/aromatic N) is 1. The van der Waals surface area contributed by atoms with Gasteiger partial charge in [0, 0.05) is 5.69 Å². The highest BCUT2D eigenvalue weighted by atomic mass is 35.5. The number of carboxylic acid groups (broad SMARTS) is 1. The molecule has 0 saturated carbocycles. The van der Waals surface area contributed by atoms with Crippen LogP contribution in [0, 0.1) is 12.7 Å². The van der Waals surface area contributed by atoms with Crippen molar-refractivity contribution in [3.63, 3.8) is 0 Å². The summed E-state index contributed by atoms with van der Waals surface area (Å²) < 4.78 is 18.7. The van der Waals surface area contributed by atoms with Gasteiger partial charge in [-0.25, -0.2) is 14.2 Å². The fraction of sp³-hybridized carbons (Fsp3) is 0.143. The summed E-state index contributed by atoms with van der Waals surface area (Å²) in [5.74, 6) is -1.59. The SMILES string of the molecule is Cc1ccc(OCc2ccc(Cl)c(F)c2)c(C(=O)O)n1. The molecule has 6 heteroatoms. The maximum Gasteiger partial charge on any atom is 0.358 e. The highest BCUT2D eigenvalue weighted by Gasteiger charge is 2.13. The van der Waals surface area contributed by atoms with Crippen LogP contribution in [0.5, 0.6) is 5.75 Å². The number of hydrogen-bond donors (Lipinski definition) is 1. The van der Waals surface area contributed by atoms with Crippen LogP contribution in [0.4, 0.5) is 4.39 Å². The van der Waals surface area contributed by atoms with Crippen molar-refractivity contribution >= 4 is 17.6 Å². The number of aryl methyl sites for hydroxylation is 1. The molecule has 2 rings (SSSR count). The van der Waals surface area contributed by atoms with Gasteiger partial charge in [0.2, 0.25) is 0 Å². The molecule has 1 aromatic heterocycles. The van der Waals surface area contributed by atoms with Crippen molar-refractivity contribution in [2.75, 3.05) is 0 Å². The molecule has 0 aliphatic carbocycles. The molecule has 0 amide bonds. The highest BCUT2D eigenvalue weighted by molar-refractivity contribution is 6.30. The maximum atomic E-state index is 13.3. The Kier molecular flexibility index (Phi) is 4.20. The van der Waals surface area contributed by atoms with Gasteiger partial charge in [0.1, 0.15) is 12.4 Å². The summed E-state index contributed by atoms with van der Waals surface area (Å²) in [7, 11) is 0. The zero-order chi connectivity index (χ0) is 14.7. The number of benzene rings is 1. The smallest absolute Gasteiger partial charge is 0.358 e. The van der Waals surface area contributed by atoms with Crippen molar-refractivity contribution in [1.82, 2.24) is 4.98 Å². The van der Waals surface area contributed by atoms with Crippen molar-refractivity contribution in [3.8, 4) is 5.75 Å². The number of rotatable bonds is 4. The van der Waals surface area contributed by atoms with Gasteiger partial charge in [-0.1, -0.05) is 17.7 Å². The third kappa shape index (κ3) is 3.24. The largest absolute Gasteiger partial charge is 0.486 e. The molecule has 0 fully saturated rings. The predicted octanol–water partition coefficient (Wildman–Crippen LogP) is 3.46. The lowest BCUT2D eigenvalue weighted by molar-refractivity contribution is 0.0684. The Morgan fingerprint density at radius 2 is 2.15 bits per heavy atom. The van der Waals surface area contributed by atoms with Crippen LogP contribution in [0.2, 0.25) is 5.02 Å². The summed E-state index contributed by atoms with van der Waals surface area (Å²) >= 11 is 5.58. The molecule has 104 valence electrons. The van der Waals surface area contributed by atoms with E-state index in [1.165, 1.54) is 18.2 Å². The number of pyridine rings is 1. The number of carbonyl (C=O) groups is 1. The van der Waals surface area contributed by atoms with E-state index in [1.807, 2.05) is 0 Å². The Morgan fingerprint density at radius 3 is 2.80 bits per heavy atom. The average molecular weight is 296 g/mol. The fourth-order valence-corrected chi connectivity index (χ4v) is 1.72. The average Bonchev–Trinajstić information content (AvgIpc) is 2.41. The molecule has 0 unspecified atom stereocenters. The van der Waals surface area contributed by atoms with Crippen LogP contribution in [0.25, 0.3) is 0 Å². The molecule has 0 spiro atoms. The summed E-state index contributed by atoms with van der Waals surface area (Å²) in [6, 6.07) is 7.43. The number of aromatic nitrogens is 1. The summed E-state index contributed by atoms with van der Waals surface area (Å²) in [5, 5.41) is 9.07. The number of carboxylic acids is 1. The lowest BCUT2D eigenvalue weighted by atomic mass is 10.2. The Labute approximate surface area is 119 Å². The van der Waals surface area contributed by atoms with E-state index in [-0.39, 0.29) is 23.1 Å². The van der Waals surface area contributed by atoms with Gasteiger partial charge in [-0.15, -0.1) is 0 Å². The first-order valence-corrected chi connectivity index (χ1v) is 6.13.